The van der Waals surface area contributed by atoms with Gasteiger partial charge in [0.2, 0.25) is 5.91 Å². The zero-order chi connectivity index (χ0) is 12.0. The number of carbonyl (C=O) groups is 1. The van der Waals surface area contributed by atoms with Gasteiger partial charge in [-0.2, -0.15) is 0 Å². The van der Waals surface area contributed by atoms with Crippen molar-refractivity contribution in [2.75, 3.05) is 13.1 Å². The quantitative estimate of drug-likeness (QED) is 0.689. The third kappa shape index (κ3) is 4.12. The van der Waals surface area contributed by atoms with Crippen molar-refractivity contribution in [1.82, 2.24) is 4.90 Å². The SMILES string of the molecule is CCCCN(C(=O)C(C)CCCN)C1CC1. The number of unbranched alkanes of at least 4 members (excludes halogenated alkanes) is 1. The van der Waals surface area contributed by atoms with Crippen molar-refractivity contribution >= 4 is 5.91 Å². The van der Waals surface area contributed by atoms with Crippen LogP contribution in [0.3, 0.4) is 0 Å². The second-order valence-electron chi connectivity index (χ2n) is 4.95. The number of nitrogens with two attached hydrogens (primary N) is 1. The number of amides is 1. The van der Waals surface area contributed by atoms with E-state index in [4.69, 9.17) is 5.73 Å². The van der Waals surface area contributed by atoms with Crippen LogP contribution < -0.4 is 5.73 Å². The van der Waals surface area contributed by atoms with Crippen LogP contribution >= 0.6 is 0 Å². The van der Waals surface area contributed by atoms with Crippen LogP contribution in [-0.4, -0.2) is 29.9 Å². The van der Waals surface area contributed by atoms with Crippen LogP contribution in [0.1, 0.15) is 52.4 Å². The van der Waals surface area contributed by atoms with Crippen LogP contribution in [0.4, 0.5) is 0 Å². The number of nitrogens with zero attached hydrogens (tertiary/aromatic N) is 1. The Bertz CT molecular complexity index is 214. The first kappa shape index (κ1) is 13.5. The first-order valence-corrected chi connectivity index (χ1v) is 6.71. The number of hydrogen-bond acceptors (Lipinski definition) is 2. The molecule has 0 saturated heterocycles. The van der Waals surface area contributed by atoms with Gasteiger partial charge < -0.3 is 10.6 Å². The van der Waals surface area contributed by atoms with Crippen molar-refractivity contribution in [3.05, 3.63) is 0 Å². The van der Waals surface area contributed by atoms with Crippen molar-refractivity contribution in [2.24, 2.45) is 11.7 Å². The van der Waals surface area contributed by atoms with E-state index in [9.17, 15) is 4.79 Å². The summed E-state index contributed by atoms with van der Waals surface area (Å²) in [4.78, 5) is 14.3. The molecule has 0 radical (unpaired) electrons. The van der Waals surface area contributed by atoms with E-state index < -0.39 is 0 Å². The van der Waals surface area contributed by atoms with Crippen molar-refractivity contribution < 1.29 is 4.79 Å². The molecule has 0 spiro atoms. The zero-order valence-corrected chi connectivity index (χ0v) is 10.7. The molecule has 1 rings (SSSR count). The predicted molar refractivity (Wildman–Crippen MR) is 67.1 cm³/mol. The van der Waals surface area contributed by atoms with Gasteiger partial charge in [0.05, 0.1) is 0 Å². The average molecular weight is 226 g/mol. The predicted octanol–water partition coefficient (Wildman–Crippen LogP) is 2.15. The molecule has 1 saturated carbocycles. The Balaban J connectivity index is 2.39. The summed E-state index contributed by atoms with van der Waals surface area (Å²) < 4.78 is 0. The van der Waals surface area contributed by atoms with E-state index in [1.54, 1.807) is 0 Å². The summed E-state index contributed by atoms with van der Waals surface area (Å²) >= 11 is 0. The van der Waals surface area contributed by atoms with Crippen molar-refractivity contribution in [2.45, 2.75) is 58.4 Å². The van der Waals surface area contributed by atoms with E-state index in [2.05, 4.69) is 11.8 Å². The topological polar surface area (TPSA) is 46.3 Å². The molecule has 1 unspecified atom stereocenters. The molecule has 1 amide bonds. The zero-order valence-electron chi connectivity index (χ0n) is 10.7. The van der Waals surface area contributed by atoms with Crippen LogP contribution in [0.5, 0.6) is 0 Å². The van der Waals surface area contributed by atoms with Crippen molar-refractivity contribution in [1.29, 1.82) is 0 Å². The molecular formula is C13H26N2O. The first-order chi connectivity index (χ1) is 7.70. The lowest BCUT2D eigenvalue weighted by atomic mass is 10.0. The highest BCUT2D eigenvalue weighted by Crippen LogP contribution is 2.29. The van der Waals surface area contributed by atoms with E-state index in [-0.39, 0.29) is 5.92 Å². The maximum atomic E-state index is 12.2. The largest absolute Gasteiger partial charge is 0.339 e. The molecule has 16 heavy (non-hydrogen) atoms. The second-order valence-corrected chi connectivity index (χ2v) is 4.95. The molecule has 0 heterocycles. The summed E-state index contributed by atoms with van der Waals surface area (Å²) in [6.45, 7) is 5.86. The van der Waals surface area contributed by atoms with E-state index >= 15 is 0 Å². The fourth-order valence-corrected chi connectivity index (χ4v) is 2.02. The van der Waals surface area contributed by atoms with Crippen molar-refractivity contribution in [3.8, 4) is 0 Å². The molecule has 1 fully saturated rings. The lowest BCUT2D eigenvalue weighted by Crippen LogP contribution is -2.37. The normalized spacial score (nSPS) is 17.2. The van der Waals surface area contributed by atoms with Crippen LogP contribution in [0, 0.1) is 5.92 Å². The summed E-state index contributed by atoms with van der Waals surface area (Å²) in [7, 11) is 0. The molecular weight excluding hydrogens is 200 g/mol. The Labute approximate surface area is 99.4 Å². The Morgan fingerprint density at radius 2 is 2.12 bits per heavy atom. The first-order valence-electron chi connectivity index (χ1n) is 6.71. The van der Waals surface area contributed by atoms with Crippen LogP contribution in [0.2, 0.25) is 0 Å². The molecule has 0 aromatic heterocycles. The summed E-state index contributed by atoms with van der Waals surface area (Å²) in [5, 5.41) is 0. The van der Waals surface area contributed by atoms with E-state index in [1.165, 1.54) is 12.8 Å². The van der Waals surface area contributed by atoms with E-state index in [0.717, 1.165) is 32.2 Å². The lowest BCUT2D eigenvalue weighted by molar-refractivity contribution is -0.135. The van der Waals surface area contributed by atoms with Gasteiger partial charge in [0.25, 0.3) is 0 Å². The minimum Gasteiger partial charge on any atom is -0.339 e. The van der Waals surface area contributed by atoms with E-state index in [0.29, 0.717) is 18.5 Å². The third-order valence-electron chi connectivity index (χ3n) is 3.29. The Morgan fingerprint density at radius 1 is 1.44 bits per heavy atom. The summed E-state index contributed by atoms with van der Waals surface area (Å²) in [5.41, 5.74) is 5.48. The highest BCUT2D eigenvalue weighted by atomic mass is 16.2. The van der Waals surface area contributed by atoms with E-state index in [1.807, 2.05) is 6.92 Å². The fraction of sp³-hybridized carbons (Fsp3) is 0.923. The molecule has 3 heteroatoms. The molecule has 0 bridgehead atoms. The standard InChI is InChI=1S/C13H26N2O/c1-3-4-10-15(12-7-8-12)13(16)11(2)6-5-9-14/h11-12H,3-10,14H2,1-2H3. The Morgan fingerprint density at radius 3 is 2.62 bits per heavy atom. The Hall–Kier alpha value is -0.570. The molecule has 0 aliphatic heterocycles. The van der Waals surface area contributed by atoms with Gasteiger partial charge in [0.1, 0.15) is 0 Å². The average Bonchev–Trinajstić information content (AvgIpc) is 3.10. The van der Waals surface area contributed by atoms with Crippen LogP contribution in [0.25, 0.3) is 0 Å². The van der Waals surface area contributed by atoms with Gasteiger partial charge >= 0.3 is 0 Å². The number of carbonyl (C=O) groups excluding carboxylic acids is 1. The molecule has 1 aliphatic carbocycles. The molecule has 0 aromatic rings. The summed E-state index contributed by atoms with van der Waals surface area (Å²) in [6.07, 6.45) is 6.60. The van der Waals surface area contributed by atoms with Gasteiger partial charge in [-0.25, -0.2) is 0 Å². The van der Waals surface area contributed by atoms with Gasteiger partial charge in [-0.1, -0.05) is 20.3 Å². The molecule has 2 N–H and O–H groups in total. The lowest BCUT2D eigenvalue weighted by Gasteiger charge is -2.25. The fourth-order valence-electron chi connectivity index (χ4n) is 2.02. The van der Waals surface area contributed by atoms with Gasteiger partial charge in [0, 0.05) is 18.5 Å². The maximum absolute atomic E-state index is 12.2. The van der Waals surface area contributed by atoms with Gasteiger partial charge in [0.15, 0.2) is 0 Å². The highest BCUT2D eigenvalue weighted by molar-refractivity contribution is 5.79. The molecule has 3 nitrogen and oxygen atoms in total. The minimum absolute atomic E-state index is 0.154. The number of rotatable bonds is 8. The monoisotopic (exact) mass is 226 g/mol. The summed E-state index contributed by atoms with van der Waals surface area (Å²) in [6, 6.07) is 0.555. The summed E-state index contributed by atoms with van der Waals surface area (Å²) in [5.74, 6) is 0.505. The Kier molecular flexibility index (Phi) is 5.81. The van der Waals surface area contributed by atoms with Gasteiger partial charge in [-0.05, 0) is 38.6 Å². The molecule has 1 atom stereocenters. The van der Waals surface area contributed by atoms with Crippen molar-refractivity contribution in [3.63, 3.8) is 0 Å². The smallest absolute Gasteiger partial charge is 0.225 e. The second kappa shape index (κ2) is 6.89. The van der Waals surface area contributed by atoms with Crippen LogP contribution in [-0.2, 0) is 4.79 Å². The molecule has 0 aromatic carbocycles. The third-order valence-corrected chi connectivity index (χ3v) is 3.29. The van der Waals surface area contributed by atoms with Gasteiger partial charge in [-0.15, -0.1) is 0 Å². The van der Waals surface area contributed by atoms with Crippen LogP contribution in [0.15, 0.2) is 0 Å². The highest BCUT2D eigenvalue weighted by Gasteiger charge is 2.33. The van der Waals surface area contributed by atoms with Gasteiger partial charge in [-0.3, -0.25) is 4.79 Å². The minimum atomic E-state index is 0.154. The number of hydrogen-bond donors (Lipinski definition) is 1. The maximum Gasteiger partial charge on any atom is 0.225 e. The molecule has 1 aliphatic rings. The molecule has 94 valence electrons.